The number of nitrogens with one attached hydrogen (secondary N) is 1. The zero-order valence-corrected chi connectivity index (χ0v) is 19.9. The van der Waals surface area contributed by atoms with E-state index in [1.165, 1.54) is 0 Å². The van der Waals surface area contributed by atoms with E-state index < -0.39 is 0 Å². The number of carbonyl (C=O) groups is 1. The summed E-state index contributed by atoms with van der Waals surface area (Å²) in [7, 11) is 1.64. The lowest BCUT2D eigenvalue weighted by molar-refractivity contribution is 0.0567. The molecule has 1 fully saturated rings. The highest BCUT2D eigenvalue weighted by atomic mass is 16.5. The first-order chi connectivity index (χ1) is 15.3. The van der Waals surface area contributed by atoms with Crippen LogP contribution < -0.4 is 14.8 Å². The van der Waals surface area contributed by atoms with Gasteiger partial charge in [0.2, 0.25) is 0 Å². The quantitative estimate of drug-likeness (QED) is 0.662. The van der Waals surface area contributed by atoms with Gasteiger partial charge in [-0.15, -0.1) is 0 Å². The number of hydrogen-bond acceptors (Lipinski definition) is 6. The molecule has 4 rings (SSSR count). The van der Waals surface area contributed by atoms with E-state index in [9.17, 15) is 4.79 Å². The fraction of sp³-hybridized carbons (Fsp3) is 0.600. The van der Waals surface area contributed by atoms with Gasteiger partial charge in [-0.2, -0.15) is 0 Å². The number of hydrogen-bond donors (Lipinski definition) is 1. The summed E-state index contributed by atoms with van der Waals surface area (Å²) in [6.45, 7) is 10.9. The van der Waals surface area contributed by atoms with Crippen LogP contribution in [0.15, 0.2) is 18.2 Å². The van der Waals surface area contributed by atoms with Gasteiger partial charge in [0, 0.05) is 49.2 Å². The van der Waals surface area contributed by atoms with Gasteiger partial charge < -0.3 is 24.4 Å². The second-order valence-corrected chi connectivity index (χ2v) is 9.64. The van der Waals surface area contributed by atoms with Crippen molar-refractivity contribution in [3.63, 3.8) is 0 Å². The molecule has 0 aliphatic carbocycles. The van der Waals surface area contributed by atoms with Crippen LogP contribution >= 0.6 is 0 Å². The van der Waals surface area contributed by atoms with Crippen LogP contribution in [0.1, 0.15) is 56.6 Å². The molecule has 2 aromatic rings. The van der Waals surface area contributed by atoms with E-state index in [1.54, 1.807) is 13.2 Å². The highest BCUT2D eigenvalue weighted by Gasteiger charge is 2.34. The van der Waals surface area contributed by atoms with Gasteiger partial charge in [0.25, 0.3) is 5.91 Å². The Bertz CT molecular complexity index is 983. The number of fused-ring (bicyclic) bond motifs is 3. The molecule has 3 heterocycles. The molecule has 1 N–H and O–H groups in total. The van der Waals surface area contributed by atoms with Gasteiger partial charge in [-0.3, -0.25) is 4.79 Å². The lowest BCUT2D eigenvalue weighted by atomic mass is 10.00. The second kappa shape index (κ2) is 9.24. The maximum Gasteiger partial charge on any atom is 0.273 e. The standard InChI is InChI=1S/C25H35N3O4/c1-16(2)28(18-7-6-10-26-15-18)24(29)20-13-21(31-12-11-30-5)19-9-8-17-14-25(3,4)32-23(17)22(19)27-20/h8-9,13,16,18,26H,6-7,10-12,14-15H2,1-5H3/t18-/m1/s1. The van der Waals surface area contributed by atoms with Crippen LogP contribution in [-0.2, 0) is 11.2 Å². The number of rotatable bonds is 7. The highest BCUT2D eigenvalue weighted by molar-refractivity contribution is 5.99. The first-order valence-corrected chi connectivity index (χ1v) is 11.6. The van der Waals surface area contributed by atoms with Crippen LogP contribution in [0.2, 0.25) is 0 Å². The Morgan fingerprint density at radius 3 is 2.84 bits per heavy atom. The number of methoxy groups -OCH3 is 1. The van der Waals surface area contributed by atoms with E-state index in [2.05, 4.69) is 39.1 Å². The molecule has 0 spiro atoms. The fourth-order valence-electron chi connectivity index (χ4n) is 4.79. The lowest BCUT2D eigenvalue weighted by Gasteiger charge is -2.37. The minimum absolute atomic E-state index is 0.0675. The average Bonchev–Trinajstić information content (AvgIpc) is 3.08. The van der Waals surface area contributed by atoms with Gasteiger partial charge in [-0.1, -0.05) is 6.07 Å². The summed E-state index contributed by atoms with van der Waals surface area (Å²) >= 11 is 0. The molecule has 1 saturated heterocycles. The molecule has 2 aliphatic heterocycles. The molecule has 2 aliphatic rings. The van der Waals surface area contributed by atoms with Gasteiger partial charge in [-0.25, -0.2) is 4.98 Å². The van der Waals surface area contributed by atoms with E-state index in [-0.39, 0.29) is 23.6 Å². The van der Waals surface area contributed by atoms with Crippen LogP contribution in [0.5, 0.6) is 11.5 Å². The molecule has 0 saturated carbocycles. The van der Waals surface area contributed by atoms with Crippen molar-refractivity contribution in [1.82, 2.24) is 15.2 Å². The number of pyridine rings is 1. The van der Waals surface area contributed by atoms with Crippen LogP contribution in [0, 0.1) is 0 Å². The van der Waals surface area contributed by atoms with Gasteiger partial charge >= 0.3 is 0 Å². The zero-order valence-electron chi connectivity index (χ0n) is 19.9. The van der Waals surface area contributed by atoms with E-state index in [0.29, 0.717) is 30.2 Å². The Labute approximate surface area is 190 Å². The number of benzene rings is 1. The third-order valence-electron chi connectivity index (χ3n) is 6.19. The minimum atomic E-state index is -0.298. The van der Waals surface area contributed by atoms with Crippen LogP contribution in [0.3, 0.4) is 0 Å². The first kappa shape index (κ1) is 22.8. The number of amides is 1. The number of ether oxygens (including phenoxy) is 3. The van der Waals surface area contributed by atoms with Gasteiger partial charge in [0.15, 0.2) is 0 Å². The molecular formula is C25H35N3O4. The fourth-order valence-corrected chi connectivity index (χ4v) is 4.79. The minimum Gasteiger partial charge on any atom is -0.490 e. The van der Waals surface area contributed by atoms with Crippen molar-refractivity contribution in [2.45, 2.75) is 64.6 Å². The average molecular weight is 442 g/mol. The third kappa shape index (κ3) is 4.55. The van der Waals surface area contributed by atoms with Crippen molar-refractivity contribution in [3.05, 3.63) is 29.5 Å². The molecule has 7 nitrogen and oxygen atoms in total. The van der Waals surface area contributed by atoms with E-state index in [0.717, 1.165) is 49.1 Å². The molecule has 0 bridgehead atoms. The van der Waals surface area contributed by atoms with Crippen LogP contribution in [0.25, 0.3) is 10.9 Å². The summed E-state index contributed by atoms with van der Waals surface area (Å²) in [5.41, 5.74) is 1.90. The SMILES string of the molecule is COCCOc1cc(C(=O)N(C(C)C)[C@@H]2CCCNC2)nc2c3c(ccc12)CC(C)(C)O3. The van der Waals surface area contributed by atoms with Gasteiger partial charge in [0.1, 0.15) is 34.9 Å². The van der Waals surface area contributed by atoms with Gasteiger partial charge in [-0.05, 0) is 53.1 Å². The first-order valence-electron chi connectivity index (χ1n) is 11.6. The van der Waals surface area contributed by atoms with Crippen molar-refractivity contribution in [1.29, 1.82) is 0 Å². The van der Waals surface area contributed by atoms with E-state index in [1.807, 2.05) is 11.0 Å². The summed E-state index contributed by atoms with van der Waals surface area (Å²) in [4.78, 5) is 20.6. The number of nitrogens with zero attached hydrogens (tertiary/aromatic N) is 2. The Morgan fingerprint density at radius 1 is 1.34 bits per heavy atom. The topological polar surface area (TPSA) is 72.9 Å². The normalized spacial score (nSPS) is 19.6. The molecule has 0 radical (unpaired) electrons. The number of aromatic nitrogens is 1. The largest absolute Gasteiger partial charge is 0.490 e. The Balaban J connectivity index is 1.78. The Hall–Kier alpha value is -2.38. The summed E-state index contributed by atoms with van der Waals surface area (Å²) in [6.07, 6.45) is 2.87. The Morgan fingerprint density at radius 2 is 2.16 bits per heavy atom. The van der Waals surface area contributed by atoms with E-state index >= 15 is 0 Å². The van der Waals surface area contributed by atoms with Gasteiger partial charge in [0.05, 0.1) is 6.61 Å². The molecular weight excluding hydrogens is 406 g/mol. The predicted octanol–water partition coefficient (Wildman–Crippen LogP) is 3.58. The monoisotopic (exact) mass is 441 g/mol. The van der Waals surface area contributed by atoms with E-state index in [4.69, 9.17) is 19.2 Å². The second-order valence-electron chi connectivity index (χ2n) is 9.64. The number of piperidine rings is 1. The highest BCUT2D eigenvalue weighted by Crippen LogP contribution is 2.42. The van der Waals surface area contributed by atoms with Crippen molar-refractivity contribution in [3.8, 4) is 11.5 Å². The molecule has 0 unspecified atom stereocenters. The summed E-state index contributed by atoms with van der Waals surface area (Å²) < 4.78 is 17.5. The molecule has 1 amide bonds. The number of carbonyl (C=O) groups excluding carboxylic acids is 1. The van der Waals surface area contributed by atoms with Crippen molar-refractivity contribution < 1.29 is 19.0 Å². The van der Waals surface area contributed by atoms with Crippen molar-refractivity contribution >= 4 is 16.8 Å². The van der Waals surface area contributed by atoms with Crippen LogP contribution in [-0.4, -0.2) is 66.9 Å². The van der Waals surface area contributed by atoms with Crippen molar-refractivity contribution in [2.75, 3.05) is 33.4 Å². The molecule has 174 valence electrons. The molecule has 1 aromatic carbocycles. The maximum atomic E-state index is 13.8. The molecule has 7 heteroatoms. The smallest absolute Gasteiger partial charge is 0.273 e. The van der Waals surface area contributed by atoms with Crippen molar-refractivity contribution in [2.24, 2.45) is 0 Å². The molecule has 32 heavy (non-hydrogen) atoms. The predicted molar refractivity (Wildman–Crippen MR) is 125 cm³/mol. The lowest BCUT2D eigenvalue weighted by Crippen LogP contribution is -2.51. The third-order valence-corrected chi connectivity index (χ3v) is 6.19. The summed E-state index contributed by atoms with van der Waals surface area (Å²) in [6, 6.07) is 6.10. The summed E-state index contributed by atoms with van der Waals surface area (Å²) in [5.74, 6) is 1.33. The summed E-state index contributed by atoms with van der Waals surface area (Å²) in [5, 5.41) is 4.27. The zero-order chi connectivity index (χ0) is 22.9. The Kier molecular flexibility index (Phi) is 6.58. The molecule has 1 atom stereocenters. The molecule has 1 aromatic heterocycles. The maximum absolute atomic E-state index is 13.8. The van der Waals surface area contributed by atoms with Crippen LogP contribution in [0.4, 0.5) is 0 Å².